The first kappa shape index (κ1) is 17.5. The third-order valence-corrected chi connectivity index (χ3v) is 4.51. The molecule has 1 heterocycles. The van der Waals surface area contributed by atoms with Crippen LogP contribution in [0, 0.1) is 0 Å². The fraction of sp³-hybridized carbons (Fsp3) is 0.556. The largest absolute Gasteiger partial charge is 0.339 e. The molecular formula is C18H27N3O2. The molecule has 1 saturated heterocycles. The van der Waals surface area contributed by atoms with Crippen molar-refractivity contribution in [3.05, 3.63) is 35.4 Å². The van der Waals surface area contributed by atoms with Crippen molar-refractivity contribution in [1.29, 1.82) is 0 Å². The summed E-state index contributed by atoms with van der Waals surface area (Å²) in [6, 6.07) is 7.33. The van der Waals surface area contributed by atoms with Crippen LogP contribution >= 0.6 is 0 Å². The van der Waals surface area contributed by atoms with Crippen LogP contribution in [-0.4, -0.2) is 60.9 Å². The van der Waals surface area contributed by atoms with E-state index in [0.717, 1.165) is 25.9 Å². The number of carbonyl (C=O) groups is 2. The van der Waals surface area contributed by atoms with Crippen molar-refractivity contribution in [3.63, 3.8) is 0 Å². The Morgan fingerprint density at radius 3 is 2.35 bits per heavy atom. The predicted molar refractivity (Wildman–Crippen MR) is 91.7 cm³/mol. The SMILES string of the molecule is CCN(CC)C(=O)c1ccc(C(=O)N2CCCC2CNC)cc1. The number of benzene rings is 1. The van der Waals surface area contributed by atoms with Crippen molar-refractivity contribution >= 4 is 11.8 Å². The average molecular weight is 317 g/mol. The quantitative estimate of drug-likeness (QED) is 0.873. The van der Waals surface area contributed by atoms with Gasteiger partial charge in [0.2, 0.25) is 0 Å². The average Bonchev–Trinajstić information content (AvgIpc) is 3.04. The van der Waals surface area contributed by atoms with Crippen LogP contribution in [0.3, 0.4) is 0 Å². The predicted octanol–water partition coefficient (Wildman–Crippen LogP) is 1.99. The zero-order valence-corrected chi connectivity index (χ0v) is 14.3. The molecule has 0 aliphatic carbocycles. The summed E-state index contributed by atoms with van der Waals surface area (Å²) >= 11 is 0. The summed E-state index contributed by atoms with van der Waals surface area (Å²) in [5.74, 6) is 0.0767. The molecule has 0 radical (unpaired) electrons. The molecule has 23 heavy (non-hydrogen) atoms. The van der Waals surface area contributed by atoms with Gasteiger partial charge in [-0.25, -0.2) is 0 Å². The molecule has 0 spiro atoms. The van der Waals surface area contributed by atoms with Crippen LogP contribution in [0.5, 0.6) is 0 Å². The van der Waals surface area contributed by atoms with Gasteiger partial charge in [-0.3, -0.25) is 9.59 Å². The van der Waals surface area contributed by atoms with Gasteiger partial charge in [0.05, 0.1) is 0 Å². The van der Waals surface area contributed by atoms with Crippen LogP contribution in [0.15, 0.2) is 24.3 Å². The molecule has 2 rings (SSSR count). The first-order valence-corrected chi connectivity index (χ1v) is 8.47. The van der Waals surface area contributed by atoms with E-state index in [4.69, 9.17) is 0 Å². The summed E-state index contributed by atoms with van der Waals surface area (Å²) in [7, 11) is 1.91. The number of hydrogen-bond acceptors (Lipinski definition) is 3. The van der Waals surface area contributed by atoms with Gasteiger partial charge >= 0.3 is 0 Å². The van der Waals surface area contributed by atoms with Crippen LogP contribution in [0.1, 0.15) is 47.4 Å². The van der Waals surface area contributed by atoms with Gasteiger partial charge in [-0.05, 0) is 58.0 Å². The Kier molecular flexibility index (Phi) is 6.16. The van der Waals surface area contributed by atoms with E-state index in [0.29, 0.717) is 24.2 Å². The standard InChI is InChI=1S/C18H27N3O2/c1-4-20(5-2)17(22)14-8-10-15(11-9-14)18(23)21-12-6-7-16(21)13-19-3/h8-11,16,19H,4-7,12-13H2,1-3H3. The molecule has 1 atom stereocenters. The zero-order chi connectivity index (χ0) is 16.8. The maximum atomic E-state index is 12.7. The first-order valence-electron chi connectivity index (χ1n) is 8.47. The normalized spacial score (nSPS) is 17.3. The van der Waals surface area contributed by atoms with Crippen molar-refractivity contribution in [2.24, 2.45) is 0 Å². The molecular weight excluding hydrogens is 290 g/mol. The van der Waals surface area contributed by atoms with E-state index >= 15 is 0 Å². The van der Waals surface area contributed by atoms with Gasteiger partial charge in [-0.2, -0.15) is 0 Å². The molecule has 1 N–H and O–H groups in total. The first-order chi connectivity index (χ1) is 11.1. The molecule has 0 bridgehead atoms. The lowest BCUT2D eigenvalue weighted by atomic mass is 10.1. The Morgan fingerprint density at radius 1 is 1.17 bits per heavy atom. The number of rotatable bonds is 6. The molecule has 126 valence electrons. The van der Waals surface area contributed by atoms with E-state index in [9.17, 15) is 9.59 Å². The Balaban J connectivity index is 2.10. The van der Waals surface area contributed by atoms with E-state index in [1.54, 1.807) is 29.2 Å². The van der Waals surface area contributed by atoms with E-state index in [-0.39, 0.29) is 17.9 Å². The van der Waals surface area contributed by atoms with Gasteiger partial charge in [-0.1, -0.05) is 0 Å². The number of likely N-dealkylation sites (tertiary alicyclic amines) is 1. The lowest BCUT2D eigenvalue weighted by molar-refractivity contribution is 0.0733. The Morgan fingerprint density at radius 2 is 1.78 bits per heavy atom. The highest BCUT2D eigenvalue weighted by Crippen LogP contribution is 2.20. The lowest BCUT2D eigenvalue weighted by Crippen LogP contribution is -2.40. The third kappa shape index (κ3) is 3.91. The molecule has 1 aliphatic heterocycles. The molecule has 0 saturated carbocycles. The van der Waals surface area contributed by atoms with Crippen molar-refractivity contribution in [3.8, 4) is 0 Å². The van der Waals surface area contributed by atoms with Gasteiger partial charge < -0.3 is 15.1 Å². The second-order valence-corrected chi connectivity index (χ2v) is 5.91. The van der Waals surface area contributed by atoms with E-state index in [1.807, 2.05) is 25.8 Å². The minimum absolute atomic E-state index is 0.0169. The number of amides is 2. The van der Waals surface area contributed by atoms with Crippen molar-refractivity contribution in [2.75, 3.05) is 33.2 Å². The van der Waals surface area contributed by atoms with Gasteiger partial charge in [0, 0.05) is 43.3 Å². The van der Waals surface area contributed by atoms with Crippen LogP contribution in [0.25, 0.3) is 0 Å². The minimum atomic E-state index is 0.0169. The maximum absolute atomic E-state index is 12.7. The van der Waals surface area contributed by atoms with E-state index in [1.165, 1.54) is 0 Å². The van der Waals surface area contributed by atoms with Gasteiger partial charge in [0.1, 0.15) is 0 Å². The number of nitrogens with one attached hydrogen (secondary N) is 1. The molecule has 1 unspecified atom stereocenters. The minimum Gasteiger partial charge on any atom is -0.339 e. The topological polar surface area (TPSA) is 52.7 Å². The highest BCUT2D eigenvalue weighted by atomic mass is 16.2. The van der Waals surface area contributed by atoms with Gasteiger partial charge in [0.15, 0.2) is 0 Å². The highest BCUT2D eigenvalue weighted by molar-refractivity contribution is 5.98. The van der Waals surface area contributed by atoms with Crippen molar-refractivity contribution in [1.82, 2.24) is 15.1 Å². The van der Waals surface area contributed by atoms with Crippen molar-refractivity contribution in [2.45, 2.75) is 32.7 Å². The fourth-order valence-corrected chi connectivity index (χ4v) is 3.17. The summed E-state index contributed by atoms with van der Waals surface area (Å²) in [6.45, 7) is 6.95. The molecule has 2 amide bonds. The molecule has 1 aromatic rings. The van der Waals surface area contributed by atoms with Crippen molar-refractivity contribution < 1.29 is 9.59 Å². The van der Waals surface area contributed by atoms with Crippen LogP contribution in [0.2, 0.25) is 0 Å². The molecule has 1 aliphatic rings. The summed E-state index contributed by atoms with van der Waals surface area (Å²) in [5.41, 5.74) is 1.29. The van der Waals surface area contributed by atoms with Gasteiger partial charge in [0.25, 0.3) is 11.8 Å². The molecule has 0 aromatic heterocycles. The highest BCUT2D eigenvalue weighted by Gasteiger charge is 2.28. The lowest BCUT2D eigenvalue weighted by Gasteiger charge is -2.24. The van der Waals surface area contributed by atoms with Crippen LogP contribution in [-0.2, 0) is 0 Å². The zero-order valence-electron chi connectivity index (χ0n) is 14.3. The monoisotopic (exact) mass is 317 g/mol. The van der Waals surface area contributed by atoms with Crippen LogP contribution < -0.4 is 5.32 Å². The summed E-state index contributed by atoms with van der Waals surface area (Å²) in [5, 5.41) is 3.15. The number of hydrogen-bond donors (Lipinski definition) is 1. The number of carbonyl (C=O) groups excluding carboxylic acids is 2. The fourth-order valence-electron chi connectivity index (χ4n) is 3.17. The third-order valence-electron chi connectivity index (χ3n) is 4.51. The summed E-state index contributed by atoms with van der Waals surface area (Å²) < 4.78 is 0. The molecule has 1 fully saturated rings. The molecule has 5 heteroatoms. The summed E-state index contributed by atoms with van der Waals surface area (Å²) in [6.07, 6.45) is 2.10. The number of nitrogens with zero attached hydrogens (tertiary/aromatic N) is 2. The maximum Gasteiger partial charge on any atom is 0.254 e. The number of likely N-dealkylation sites (N-methyl/N-ethyl adjacent to an activating group) is 1. The van der Waals surface area contributed by atoms with E-state index < -0.39 is 0 Å². The van der Waals surface area contributed by atoms with E-state index in [2.05, 4.69) is 5.32 Å². The second-order valence-electron chi connectivity index (χ2n) is 5.91. The summed E-state index contributed by atoms with van der Waals surface area (Å²) in [4.78, 5) is 28.7. The smallest absolute Gasteiger partial charge is 0.254 e. The Bertz CT molecular complexity index is 538. The van der Waals surface area contributed by atoms with Crippen LogP contribution in [0.4, 0.5) is 0 Å². The Hall–Kier alpha value is -1.88. The van der Waals surface area contributed by atoms with Gasteiger partial charge in [-0.15, -0.1) is 0 Å². The molecule has 5 nitrogen and oxygen atoms in total. The molecule has 1 aromatic carbocycles. The Labute approximate surface area is 138 Å². The second kappa shape index (κ2) is 8.11.